The number of hydrogen-bond donors (Lipinski definition) is 1. The number of nitrogens with zero attached hydrogens (tertiary/aromatic N) is 4. The lowest BCUT2D eigenvalue weighted by atomic mass is 10.2. The van der Waals surface area contributed by atoms with Gasteiger partial charge in [-0.1, -0.05) is 35.9 Å². The number of ether oxygens (including phenoxy) is 1. The molecule has 1 aromatic heterocycles. The van der Waals surface area contributed by atoms with E-state index in [0.717, 1.165) is 11.1 Å². The van der Waals surface area contributed by atoms with Crippen molar-refractivity contribution in [1.29, 1.82) is 0 Å². The molecule has 1 N–H and O–H groups in total. The summed E-state index contributed by atoms with van der Waals surface area (Å²) in [6.07, 6.45) is 1.49. The molecule has 9 nitrogen and oxygen atoms in total. The van der Waals surface area contributed by atoms with Crippen LogP contribution in [-0.2, 0) is 11.4 Å². The maximum absolute atomic E-state index is 12.4. The lowest BCUT2D eigenvalue weighted by Gasteiger charge is -2.11. The number of benzene rings is 2. The number of amides is 1. The van der Waals surface area contributed by atoms with E-state index in [9.17, 15) is 14.9 Å². The van der Waals surface area contributed by atoms with Crippen LogP contribution in [-0.4, -0.2) is 26.8 Å². The third-order valence-electron chi connectivity index (χ3n) is 4.78. The van der Waals surface area contributed by atoms with Crippen molar-refractivity contribution in [2.45, 2.75) is 33.4 Å². The first-order valence-corrected chi connectivity index (χ1v) is 10.1. The Bertz CT molecular complexity index is 1160. The summed E-state index contributed by atoms with van der Waals surface area (Å²) in [5.41, 5.74) is 4.63. The van der Waals surface area contributed by atoms with Gasteiger partial charge in [0.2, 0.25) is 0 Å². The van der Waals surface area contributed by atoms with E-state index in [0.29, 0.717) is 23.1 Å². The van der Waals surface area contributed by atoms with Crippen LogP contribution in [0.4, 0.5) is 5.69 Å². The smallest absolute Gasteiger partial charge is 0.312 e. The van der Waals surface area contributed by atoms with Gasteiger partial charge in [0.05, 0.1) is 11.1 Å². The molecule has 0 spiro atoms. The van der Waals surface area contributed by atoms with Gasteiger partial charge in [0, 0.05) is 5.02 Å². The summed E-state index contributed by atoms with van der Waals surface area (Å²) in [7, 11) is 0. The summed E-state index contributed by atoms with van der Waals surface area (Å²) in [5, 5.41) is 19.9. The standard InChI is InChI=1S/C22H22ClN5O4/c1-14-21(28(30)31)15(2)27(26-14)16(3)22(29)25-24-12-18-5-4-6-20(11-18)32-13-17-7-9-19(23)10-8-17/h4-12,16H,13H2,1-3H3,(H,25,29)/b24-12+. The summed E-state index contributed by atoms with van der Waals surface area (Å²) in [4.78, 5) is 23.1. The van der Waals surface area contributed by atoms with Crippen molar-refractivity contribution in [3.8, 4) is 5.75 Å². The number of aryl methyl sites for hydroxylation is 1. The predicted octanol–water partition coefficient (Wildman–Crippen LogP) is 4.35. The SMILES string of the molecule is Cc1nn(C(C)C(=O)N/N=C/c2cccc(OCc3ccc(Cl)cc3)c2)c(C)c1[N+](=O)[O-]. The van der Waals surface area contributed by atoms with Crippen LogP contribution in [0.3, 0.4) is 0 Å². The van der Waals surface area contributed by atoms with E-state index in [4.69, 9.17) is 16.3 Å². The molecule has 3 rings (SSSR count). The molecule has 3 aromatic rings. The molecule has 1 atom stereocenters. The molecular weight excluding hydrogens is 434 g/mol. The summed E-state index contributed by atoms with van der Waals surface area (Å²) in [6.45, 7) is 5.08. The number of carbonyl (C=O) groups excluding carboxylic acids is 1. The Labute approximate surface area is 189 Å². The zero-order valence-electron chi connectivity index (χ0n) is 17.8. The minimum absolute atomic E-state index is 0.0939. The number of nitrogens with one attached hydrogen (secondary N) is 1. The Balaban J connectivity index is 1.60. The summed E-state index contributed by atoms with van der Waals surface area (Å²) in [6, 6.07) is 13.9. The van der Waals surface area contributed by atoms with Gasteiger partial charge in [-0.25, -0.2) is 5.43 Å². The average molecular weight is 456 g/mol. The molecule has 0 aliphatic carbocycles. The summed E-state index contributed by atoms with van der Waals surface area (Å²) < 4.78 is 7.11. The van der Waals surface area contributed by atoms with Crippen molar-refractivity contribution in [2.24, 2.45) is 5.10 Å². The molecule has 0 saturated heterocycles. The van der Waals surface area contributed by atoms with Crippen molar-refractivity contribution in [1.82, 2.24) is 15.2 Å². The van der Waals surface area contributed by atoms with Crippen LogP contribution in [0.1, 0.15) is 35.5 Å². The highest BCUT2D eigenvalue weighted by Crippen LogP contribution is 2.24. The fraction of sp³-hybridized carbons (Fsp3) is 0.227. The van der Waals surface area contributed by atoms with Gasteiger partial charge in [-0.05, 0) is 56.2 Å². The highest BCUT2D eigenvalue weighted by molar-refractivity contribution is 6.30. The molecule has 1 amide bonds. The zero-order valence-corrected chi connectivity index (χ0v) is 18.5. The minimum Gasteiger partial charge on any atom is -0.489 e. The van der Waals surface area contributed by atoms with Gasteiger partial charge in [0.1, 0.15) is 29.8 Å². The van der Waals surface area contributed by atoms with Gasteiger partial charge in [0.15, 0.2) is 0 Å². The molecule has 0 radical (unpaired) electrons. The molecule has 1 unspecified atom stereocenters. The van der Waals surface area contributed by atoms with Crippen LogP contribution in [0.2, 0.25) is 5.02 Å². The Kier molecular flexibility index (Phi) is 7.21. The van der Waals surface area contributed by atoms with Crippen LogP contribution < -0.4 is 10.2 Å². The lowest BCUT2D eigenvalue weighted by Crippen LogP contribution is -2.28. The third kappa shape index (κ3) is 5.50. The van der Waals surface area contributed by atoms with Gasteiger partial charge in [-0.15, -0.1) is 0 Å². The van der Waals surface area contributed by atoms with Crippen LogP contribution in [0.25, 0.3) is 0 Å². The van der Waals surface area contributed by atoms with Gasteiger partial charge in [-0.3, -0.25) is 19.6 Å². The maximum atomic E-state index is 12.4. The highest BCUT2D eigenvalue weighted by Gasteiger charge is 2.26. The Morgan fingerprint density at radius 3 is 2.69 bits per heavy atom. The molecular formula is C22H22ClN5O4. The monoisotopic (exact) mass is 455 g/mol. The number of rotatable bonds is 8. The molecule has 0 aliphatic rings. The summed E-state index contributed by atoms with van der Waals surface area (Å²) in [5.74, 6) is 0.204. The molecule has 0 bridgehead atoms. The van der Waals surface area contributed by atoms with E-state index in [1.807, 2.05) is 30.3 Å². The quantitative estimate of drug-likeness (QED) is 0.308. The third-order valence-corrected chi connectivity index (χ3v) is 5.03. The number of hydrogen-bond acceptors (Lipinski definition) is 6. The van der Waals surface area contributed by atoms with Gasteiger partial charge >= 0.3 is 5.69 Å². The van der Waals surface area contributed by atoms with E-state index < -0.39 is 16.9 Å². The van der Waals surface area contributed by atoms with Crippen LogP contribution in [0.5, 0.6) is 5.75 Å². The number of carbonyl (C=O) groups is 1. The number of aromatic nitrogens is 2. The largest absolute Gasteiger partial charge is 0.489 e. The van der Waals surface area contributed by atoms with Crippen molar-refractivity contribution in [3.63, 3.8) is 0 Å². The van der Waals surface area contributed by atoms with E-state index in [2.05, 4.69) is 15.6 Å². The van der Waals surface area contributed by atoms with Crippen molar-refractivity contribution >= 4 is 29.4 Å². The number of hydrazone groups is 1. The average Bonchev–Trinajstić information content (AvgIpc) is 3.07. The Morgan fingerprint density at radius 1 is 1.31 bits per heavy atom. The van der Waals surface area contributed by atoms with Crippen molar-refractivity contribution in [3.05, 3.63) is 86.2 Å². The van der Waals surface area contributed by atoms with Crippen LogP contribution in [0, 0.1) is 24.0 Å². The number of nitro groups is 1. The molecule has 166 valence electrons. The van der Waals surface area contributed by atoms with Crippen LogP contribution in [0.15, 0.2) is 53.6 Å². The molecule has 0 aliphatic heterocycles. The molecule has 0 saturated carbocycles. The molecule has 2 aromatic carbocycles. The summed E-state index contributed by atoms with van der Waals surface area (Å²) >= 11 is 5.89. The second kappa shape index (κ2) is 10.1. The van der Waals surface area contributed by atoms with Crippen molar-refractivity contribution < 1.29 is 14.5 Å². The van der Waals surface area contributed by atoms with Gasteiger partial charge in [-0.2, -0.15) is 10.2 Å². The van der Waals surface area contributed by atoms with E-state index in [1.165, 1.54) is 17.8 Å². The minimum atomic E-state index is -0.770. The predicted molar refractivity (Wildman–Crippen MR) is 121 cm³/mol. The highest BCUT2D eigenvalue weighted by atomic mass is 35.5. The number of halogens is 1. The fourth-order valence-corrected chi connectivity index (χ4v) is 3.23. The normalized spacial score (nSPS) is 12.0. The Hall–Kier alpha value is -3.72. The topological polar surface area (TPSA) is 112 Å². The molecule has 1 heterocycles. The second-order valence-electron chi connectivity index (χ2n) is 7.12. The van der Waals surface area contributed by atoms with E-state index in [-0.39, 0.29) is 11.4 Å². The first kappa shape index (κ1) is 23.0. The molecule has 10 heteroatoms. The maximum Gasteiger partial charge on any atom is 0.312 e. The molecule has 32 heavy (non-hydrogen) atoms. The molecule has 0 fully saturated rings. The van der Waals surface area contributed by atoms with E-state index >= 15 is 0 Å². The Morgan fingerprint density at radius 2 is 2.03 bits per heavy atom. The first-order chi connectivity index (χ1) is 15.3. The van der Waals surface area contributed by atoms with Gasteiger partial charge in [0.25, 0.3) is 5.91 Å². The first-order valence-electron chi connectivity index (χ1n) is 9.76. The van der Waals surface area contributed by atoms with Crippen molar-refractivity contribution in [2.75, 3.05) is 0 Å². The van der Waals surface area contributed by atoms with Crippen LogP contribution >= 0.6 is 11.6 Å². The van der Waals surface area contributed by atoms with Gasteiger partial charge < -0.3 is 4.74 Å². The fourth-order valence-electron chi connectivity index (χ4n) is 3.10. The second-order valence-corrected chi connectivity index (χ2v) is 7.56. The van der Waals surface area contributed by atoms with E-state index in [1.54, 1.807) is 32.0 Å². The zero-order chi connectivity index (χ0) is 23.3. The lowest BCUT2D eigenvalue weighted by molar-refractivity contribution is -0.386.